The van der Waals surface area contributed by atoms with Crippen molar-refractivity contribution in [3.8, 4) is 34.3 Å². The SMILES string of the molecule is C[C@H]1C=Cc2c(cc(O)c3c(=O)c4c(oc23)-c2ccc(O)cc2O[C@@H](C(C)(C)O)C4)O1. The Hall–Kier alpha value is -3.45. The zero-order valence-corrected chi connectivity index (χ0v) is 17.3. The van der Waals surface area contributed by atoms with Gasteiger partial charge in [-0.15, -0.1) is 0 Å². The van der Waals surface area contributed by atoms with E-state index in [2.05, 4.69) is 0 Å². The molecule has 0 saturated carbocycles. The molecule has 2 aliphatic rings. The molecule has 31 heavy (non-hydrogen) atoms. The molecule has 160 valence electrons. The average Bonchev–Trinajstić information content (AvgIpc) is 2.84. The monoisotopic (exact) mass is 422 g/mol. The van der Waals surface area contributed by atoms with Crippen molar-refractivity contribution >= 4 is 17.0 Å². The number of benzene rings is 2. The molecule has 0 amide bonds. The summed E-state index contributed by atoms with van der Waals surface area (Å²) in [4.78, 5) is 13.6. The molecule has 0 unspecified atom stereocenters. The summed E-state index contributed by atoms with van der Waals surface area (Å²) < 4.78 is 18.0. The molecule has 0 spiro atoms. The lowest BCUT2D eigenvalue weighted by atomic mass is 9.93. The maximum Gasteiger partial charge on any atom is 0.200 e. The Morgan fingerprint density at radius 2 is 1.87 bits per heavy atom. The number of fused-ring (bicyclic) bond motifs is 6. The summed E-state index contributed by atoms with van der Waals surface area (Å²) in [5.41, 5.74) is -0.144. The van der Waals surface area contributed by atoms with Crippen LogP contribution in [0.4, 0.5) is 0 Å². The number of ether oxygens (including phenoxy) is 2. The third kappa shape index (κ3) is 3.04. The first kappa shape index (κ1) is 19.5. The van der Waals surface area contributed by atoms with Crippen molar-refractivity contribution in [2.24, 2.45) is 0 Å². The molecular formula is C24H22O7. The van der Waals surface area contributed by atoms with E-state index in [9.17, 15) is 20.1 Å². The van der Waals surface area contributed by atoms with Crippen LogP contribution in [0.2, 0.25) is 0 Å². The van der Waals surface area contributed by atoms with Crippen LogP contribution in [-0.4, -0.2) is 33.1 Å². The van der Waals surface area contributed by atoms with Gasteiger partial charge >= 0.3 is 0 Å². The van der Waals surface area contributed by atoms with Crippen molar-refractivity contribution in [1.82, 2.24) is 0 Å². The number of phenols is 2. The highest BCUT2D eigenvalue weighted by molar-refractivity contribution is 5.95. The third-order valence-corrected chi connectivity index (χ3v) is 5.74. The van der Waals surface area contributed by atoms with Crippen LogP contribution in [0.25, 0.3) is 28.4 Å². The second-order valence-corrected chi connectivity index (χ2v) is 8.58. The van der Waals surface area contributed by atoms with E-state index in [-0.39, 0.29) is 46.3 Å². The summed E-state index contributed by atoms with van der Waals surface area (Å²) in [5, 5.41) is 31.3. The molecule has 3 N–H and O–H groups in total. The first-order valence-corrected chi connectivity index (χ1v) is 10.1. The van der Waals surface area contributed by atoms with Gasteiger partial charge < -0.3 is 29.2 Å². The van der Waals surface area contributed by atoms with Gasteiger partial charge in [-0.2, -0.15) is 0 Å². The highest BCUT2D eigenvalue weighted by atomic mass is 16.5. The second kappa shape index (κ2) is 6.52. The van der Waals surface area contributed by atoms with Crippen molar-refractivity contribution in [1.29, 1.82) is 0 Å². The normalized spacial score (nSPS) is 19.6. The lowest BCUT2D eigenvalue weighted by Crippen LogP contribution is -2.42. The van der Waals surface area contributed by atoms with Gasteiger partial charge in [0.05, 0.1) is 16.7 Å². The van der Waals surface area contributed by atoms with Gasteiger partial charge in [0, 0.05) is 24.1 Å². The Labute approximate surface area is 177 Å². The lowest BCUT2D eigenvalue weighted by Gasteiger charge is -2.28. The predicted octanol–water partition coefficient (Wildman–Crippen LogP) is 3.74. The molecule has 2 aliphatic heterocycles. The number of hydrogen-bond donors (Lipinski definition) is 3. The van der Waals surface area contributed by atoms with E-state index in [1.165, 1.54) is 18.2 Å². The van der Waals surface area contributed by atoms with E-state index in [0.717, 1.165) is 0 Å². The Morgan fingerprint density at radius 3 is 2.61 bits per heavy atom. The van der Waals surface area contributed by atoms with Gasteiger partial charge in [0.2, 0.25) is 0 Å². The van der Waals surface area contributed by atoms with Crippen molar-refractivity contribution in [2.75, 3.05) is 0 Å². The topological polar surface area (TPSA) is 109 Å². The third-order valence-electron chi connectivity index (χ3n) is 5.74. The fourth-order valence-corrected chi connectivity index (χ4v) is 4.08. The van der Waals surface area contributed by atoms with E-state index < -0.39 is 17.1 Å². The molecule has 7 heteroatoms. The van der Waals surface area contributed by atoms with Crippen molar-refractivity contribution < 1.29 is 29.2 Å². The van der Waals surface area contributed by atoms with Crippen LogP contribution in [0.1, 0.15) is 31.9 Å². The highest BCUT2D eigenvalue weighted by Crippen LogP contribution is 2.44. The largest absolute Gasteiger partial charge is 0.508 e. The Kier molecular flexibility index (Phi) is 4.10. The van der Waals surface area contributed by atoms with Crippen molar-refractivity contribution in [3.63, 3.8) is 0 Å². The first-order chi connectivity index (χ1) is 14.6. The maximum atomic E-state index is 13.6. The molecule has 0 radical (unpaired) electrons. The van der Waals surface area contributed by atoms with Crippen LogP contribution in [0, 0.1) is 0 Å². The molecule has 0 saturated heterocycles. The standard InChI is InChI=1S/C24H22O7/c1-11-4-6-14-18(29-11)10-16(26)20-21(27)15-9-19(24(2,3)28)30-17-8-12(25)5-7-13(17)22(15)31-23(14)20/h4-8,10-11,19,25-26,28H,9H2,1-3H3/t11-,19+/m0/s1. The quantitative estimate of drug-likeness (QED) is 0.548. The van der Waals surface area contributed by atoms with Crippen LogP contribution < -0.4 is 14.9 Å². The smallest absolute Gasteiger partial charge is 0.200 e. The maximum absolute atomic E-state index is 13.6. The van der Waals surface area contributed by atoms with Gasteiger partial charge in [0.1, 0.15) is 46.4 Å². The van der Waals surface area contributed by atoms with Gasteiger partial charge in [0.25, 0.3) is 0 Å². The summed E-state index contributed by atoms with van der Waals surface area (Å²) in [6, 6.07) is 5.93. The minimum atomic E-state index is -1.28. The van der Waals surface area contributed by atoms with Crippen LogP contribution in [0.5, 0.6) is 23.0 Å². The molecule has 2 aromatic carbocycles. The van der Waals surface area contributed by atoms with Gasteiger partial charge in [-0.05, 0) is 45.1 Å². The Morgan fingerprint density at radius 1 is 1.10 bits per heavy atom. The first-order valence-electron chi connectivity index (χ1n) is 10.1. The summed E-state index contributed by atoms with van der Waals surface area (Å²) in [5.74, 6) is 0.749. The molecule has 3 aromatic rings. The summed E-state index contributed by atoms with van der Waals surface area (Å²) >= 11 is 0. The molecule has 2 atom stereocenters. The Bertz CT molecular complexity index is 1310. The second-order valence-electron chi connectivity index (χ2n) is 8.58. The summed E-state index contributed by atoms with van der Waals surface area (Å²) in [6.45, 7) is 5.04. The highest BCUT2D eigenvalue weighted by Gasteiger charge is 2.36. The van der Waals surface area contributed by atoms with Gasteiger partial charge in [-0.3, -0.25) is 4.79 Å². The van der Waals surface area contributed by atoms with Crippen molar-refractivity contribution in [2.45, 2.75) is 45.0 Å². The minimum absolute atomic E-state index is 0.0137. The molecular weight excluding hydrogens is 400 g/mol. The molecule has 0 fully saturated rings. The fraction of sp³-hybridized carbons (Fsp3) is 0.292. The zero-order chi connectivity index (χ0) is 22.1. The predicted molar refractivity (Wildman–Crippen MR) is 115 cm³/mol. The number of hydrogen-bond acceptors (Lipinski definition) is 7. The van der Waals surface area contributed by atoms with Crippen LogP contribution in [-0.2, 0) is 6.42 Å². The van der Waals surface area contributed by atoms with E-state index in [1.807, 2.05) is 19.1 Å². The fourth-order valence-electron chi connectivity index (χ4n) is 4.08. The molecule has 0 aliphatic carbocycles. The number of phenolic OH excluding ortho intramolecular Hbond substituents is 2. The number of aliphatic hydroxyl groups is 1. The van der Waals surface area contributed by atoms with Gasteiger partial charge in [0.15, 0.2) is 11.0 Å². The van der Waals surface area contributed by atoms with E-state index >= 15 is 0 Å². The van der Waals surface area contributed by atoms with E-state index in [0.29, 0.717) is 22.6 Å². The zero-order valence-electron chi connectivity index (χ0n) is 17.3. The molecule has 7 nitrogen and oxygen atoms in total. The van der Waals surface area contributed by atoms with Crippen LogP contribution in [0.15, 0.2) is 39.6 Å². The molecule has 1 aromatic heterocycles. The van der Waals surface area contributed by atoms with Crippen LogP contribution >= 0.6 is 0 Å². The molecule has 0 bridgehead atoms. The van der Waals surface area contributed by atoms with Crippen LogP contribution in [0.3, 0.4) is 0 Å². The lowest BCUT2D eigenvalue weighted by molar-refractivity contribution is -0.0322. The van der Waals surface area contributed by atoms with E-state index in [4.69, 9.17) is 13.9 Å². The minimum Gasteiger partial charge on any atom is -0.508 e. The molecule has 5 rings (SSSR count). The Balaban J connectivity index is 1.88. The summed E-state index contributed by atoms with van der Waals surface area (Å²) in [6.07, 6.45) is 2.75. The number of aromatic hydroxyl groups is 2. The van der Waals surface area contributed by atoms with Gasteiger partial charge in [-0.25, -0.2) is 0 Å². The van der Waals surface area contributed by atoms with Crippen molar-refractivity contribution in [3.05, 3.63) is 51.7 Å². The average molecular weight is 422 g/mol. The molecule has 3 heterocycles. The van der Waals surface area contributed by atoms with Gasteiger partial charge in [-0.1, -0.05) is 0 Å². The number of rotatable bonds is 1. The summed E-state index contributed by atoms with van der Waals surface area (Å²) in [7, 11) is 0. The van der Waals surface area contributed by atoms with E-state index in [1.54, 1.807) is 19.9 Å².